The predicted octanol–water partition coefficient (Wildman–Crippen LogP) is 3.24. The summed E-state index contributed by atoms with van der Waals surface area (Å²) in [5.41, 5.74) is 1.25. The largest absolute Gasteiger partial charge is 0.311 e. The third kappa shape index (κ3) is 3.25. The Bertz CT molecular complexity index is 325. The van der Waals surface area contributed by atoms with Crippen LogP contribution in [0.3, 0.4) is 0 Å². The summed E-state index contributed by atoms with van der Waals surface area (Å²) >= 11 is 5.53. The van der Waals surface area contributed by atoms with Gasteiger partial charge in [-0.1, -0.05) is 6.92 Å². The van der Waals surface area contributed by atoms with Crippen LogP contribution in [0.2, 0.25) is 0 Å². The van der Waals surface area contributed by atoms with Crippen molar-refractivity contribution in [2.45, 2.75) is 32.9 Å². The molecule has 0 aromatic carbocycles. The zero-order valence-corrected chi connectivity index (χ0v) is 12.7. The van der Waals surface area contributed by atoms with E-state index in [1.807, 2.05) is 25.0 Å². The summed E-state index contributed by atoms with van der Waals surface area (Å²) in [5.74, 6) is 2.22. The topological polar surface area (TPSA) is 29.9 Å². The summed E-state index contributed by atoms with van der Waals surface area (Å²) in [6.07, 6.45) is 1.89. The summed E-state index contributed by atoms with van der Waals surface area (Å²) in [5, 5.41) is 7.78. The van der Waals surface area contributed by atoms with E-state index in [0.29, 0.717) is 12.1 Å². The van der Waals surface area contributed by atoms with Crippen molar-refractivity contribution in [3.8, 4) is 0 Å². The van der Waals surface area contributed by atoms with Crippen LogP contribution < -0.4 is 5.32 Å². The molecule has 1 aromatic rings. The molecular formula is C11H20BrN3S. The Morgan fingerprint density at radius 3 is 2.75 bits per heavy atom. The molecule has 0 bridgehead atoms. The summed E-state index contributed by atoms with van der Waals surface area (Å²) in [6.45, 7) is 6.50. The first-order valence-electron chi connectivity index (χ1n) is 5.59. The quantitative estimate of drug-likeness (QED) is 0.875. The number of nitrogens with zero attached hydrogens (tertiary/aromatic N) is 2. The van der Waals surface area contributed by atoms with Gasteiger partial charge in [-0.25, -0.2) is 0 Å². The highest BCUT2D eigenvalue weighted by Gasteiger charge is 2.19. The maximum absolute atomic E-state index is 4.41. The lowest BCUT2D eigenvalue weighted by Crippen LogP contribution is -2.23. The van der Waals surface area contributed by atoms with E-state index in [1.54, 1.807) is 0 Å². The fourth-order valence-corrected chi connectivity index (χ4v) is 2.97. The van der Waals surface area contributed by atoms with Gasteiger partial charge in [0.05, 0.1) is 22.4 Å². The molecule has 1 N–H and O–H groups in total. The van der Waals surface area contributed by atoms with Gasteiger partial charge in [0.25, 0.3) is 0 Å². The van der Waals surface area contributed by atoms with Gasteiger partial charge in [0.1, 0.15) is 0 Å². The average Bonchev–Trinajstić information content (AvgIpc) is 2.62. The van der Waals surface area contributed by atoms with Crippen molar-refractivity contribution >= 4 is 27.7 Å². The first-order valence-corrected chi connectivity index (χ1v) is 7.54. The Morgan fingerprint density at radius 1 is 1.56 bits per heavy atom. The molecular weight excluding hydrogens is 286 g/mol. The van der Waals surface area contributed by atoms with Crippen LogP contribution >= 0.6 is 27.7 Å². The Balaban J connectivity index is 2.93. The highest BCUT2D eigenvalue weighted by Crippen LogP contribution is 2.27. The minimum Gasteiger partial charge on any atom is -0.311 e. The molecule has 0 fully saturated rings. The number of halogens is 1. The van der Waals surface area contributed by atoms with Crippen molar-refractivity contribution in [2.24, 2.45) is 0 Å². The maximum Gasteiger partial charge on any atom is 0.0707 e. The molecule has 0 spiro atoms. The molecule has 1 atom stereocenters. The first-order chi connectivity index (χ1) is 7.61. The smallest absolute Gasteiger partial charge is 0.0707 e. The van der Waals surface area contributed by atoms with Gasteiger partial charge in [-0.05, 0) is 42.6 Å². The molecule has 1 aromatic heterocycles. The van der Waals surface area contributed by atoms with Crippen molar-refractivity contribution in [1.29, 1.82) is 0 Å². The number of hydrogen-bond donors (Lipinski definition) is 1. The van der Waals surface area contributed by atoms with Gasteiger partial charge >= 0.3 is 0 Å². The molecule has 5 heteroatoms. The van der Waals surface area contributed by atoms with Crippen molar-refractivity contribution in [1.82, 2.24) is 15.1 Å². The Labute approximate surface area is 110 Å². The van der Waals surface area contributed by atoms with Gasteiger partial charge in [-0.3, -0.25) is 4.68 Å². The minimum atomic E-state index is 0.351. The van der Waals surface area contributed by atoms with Gasteiger partial charge in [0, 0.05) is 11.8 Å². The second-order valence-electron chi connectivity index (χ2n) is 3.92. The van der Waals surface area contributed by atoms with E-state index in [2.05, 4.69) is 51.8 Å². The van der Waals surface area contributed by atoms with E-state index >= 15 is 0 Å². The zero-order chi connectivity index (χ0) is 12.1. The van der Waals surface area contributed by atoms with Crippen LogP contribution in [0.15, 0.2) is 10.7 Å². The van der Waals surface area contributed by atoms with Crippen LogP contribution in [0.5, 0.6) is 0 Å². The van der Waals surface area contributed by atoms with E-state index in [-0.39, 0.29) is 0 Å². The molecule has 0 saturated carbocycles. The first kappa shape index (κ1) is 14.1. The zero-order valence-electron chi connectivity index (χ0n) is 10.3. The normalized spacial score (nSPS) is 13.4. The number of rotatable bonds is 6. The van der Waals surface area contributed by atoms with E-state index in [0.717, 1.165) is 16.0 Å². The summed E-state index contributed by atoms with van der Waals surface area (Å²) in [4.78, 5) is 0. The fourth-order valence-electron chi connectivity index (χ4n) is 1.62. The highest BCUT2D eigenvalue weighted by molar-refractivity contribution is 9.10. The molecule has 0 saturated heterocycles. The molecule has 0 aliphatic carbocycles. The summed E-state index contributed by atoms with van der Waals surface area (Å²) in [6, 6.07) is 0.744. The molecule has 1 unspecified atom stereocenters. The molecule has 1 rings (SSSR count). The second kappa shape index (κ2) is 6.67. The third-order valence-corrected chi connectivity index (χ3v) is 4.03. The number of hydrogen-bond acceptors (Lipinski definition) is 3. The number of aromatic nitrogens is 2. The lowest BCUT2D eigenvalue weighted by Gasteiger charge is -2.20. The van der Waals surface area contributed by atoms with Gasteiger partial charge in [0.15, 0.2) is 0 Å². The van der Waals surface area contributed by atoms with Crippen molar-refractivity contribution < 1.29 is 0 Å². The van der Waals surface area contributed by atoms with Crippen LogP contribution in [0.25, 0.3) is 0 Å². The lowest BCUT2D eigenvalue weighted by atomic mass is 10.2. The van der Waals surface area contributed by atoms with Crippen LogP contribution in [0.4, 0.5) is 0 Å². The molecule has 16 heavy (non-hydrogen) atoms. The monoisotopic (exact) mass is 305 g/mol. The van der Waals surface area contributed by atoms with Crippen LogP contribution in [0.1, 0.15) is 38.5 Å². The summed E-state index contributed by atoms with van der Waals surface area (Å²) < 4.78 is 3.18. The van der Waals surface area contributed by atoms with Crippen molar-refractivity contribution in [3.05, 3.63) is 16.4 Å². The van der Waals surface area contributed by atoms with Gasteiger partial charge < -0.3 is 5.32 Å². The SMILES string of the molecule is CCSCC(NC)c1c(Br)cnn1C(C)C. The van der Waals surface area contributed by atoms with Crippen molar-refractivity contribution in [2.75, 3.05) is 18.6 Å². The molecule has 0 aliphatic rings. The minimum absolute atomic E-state index is 0.351. The maximum atomic E-state index is 4.41. The average molecular weight is 306 g/mol. The summed E-state index contributed by atoms with van der Waals surface area (Å²) in [7, 11) is 2.00. The Hall–Kier alpha value is 0. The molecule has 0 aliphatic heterocycles. The van der Waals surface area contributed by atoms with Crippen molar-refractivity contribution in [3.63, 3.8) is 0 Å². The Morgan fingerprint density at radius 2 is 2.25 bits per heavy atom. The van der Waals surface area contributed by atoms with E-state index in [1.165, 1.54) is 5.69 Å². The van der Waals surface area contributed by atoms with E-state index < -0.39 is 0 Å². The highest BCUT2D eigenvalue weighted by atomic mass is 79.9. The number of nitrogens with one attached hydrogen (secondary N) is 1. The Kier molecular flexibility index (Phi) is 5.86. The van der Waals surface area contributed by atoms with Crippen LogP contribution in [-0.2, 0) is 0 Å². The molecule has 92 valence electrons. The lowest BCUT2D eigenvalue weighted by molar-refractivity contribution is 0.476. The van der Waals surface area contributed by atoms with E-state index in [9.17, 15) is 0 Å². The van der Waals surface area contributed by atoms with Crippen LogP contribution in [-0.4, -0.2) is 28.3 Å². The molecule has 0 amide bonds. The predicted molar refractivity (Wildman–Crippen MR) is 75.1 cm³/mol. The third-order valence-electron chi connectivity index (χ3n) is 2.44. The van der Waals surface area contributed by atoms with Gasteiger partial charge in [0.2, 0.25) is 0 Å². The van der Waals surface area contributed by atoms with Gasteiger partial charge in [-0.2, -0.15) is 16.9 Å². The van der Waals surface area contributed by atoms with Gasteiger partial charge in [-0.15, -0.1) is 0 Å². The standard InChI is InChI=1S/C11H20BrN3S/c1-5-16-7-10(13-4)11-9(12)6-14-15(11)8(2)3/h6,8,10,13H,5,7H2,1-4H3. The van der Waals surface area contributed by atoms with Crippen LogP contribution in [0, 0.1) is 0 Å². The molecule has 1 heterocycles. The van der Waals surface area contributed by atoms with E-state index in [4.69, 9.17) is 0 Å². The number of thioether (sulfide) groups is 1. The second-order valence-corrected chi connectivity index (χ2v) is 6.09. The fraction of sp³-hybridized carbons (Fsp3) is 0.727. The molecule has 0 radical (unpaired) electrons. The molecule has 3 nitrogen and oxygen atoms in total.